The fourth-order valence-corrected chi connectivity index (χ4v) is 2.31. The van der Waals surface area contributed by atoms with Crippen LogP contribution in [0.4, 0.5) is 0 Å². The van der Waals surface area contributed by atoms with Crippen LogP contribution in [0.1, 0.15) is 0 Å². The molecule has 0 fully saturated rings. The van der Waals surface area contributed by atoms with E-state index in [9.17, 15) is 0 Å². The highest BCUT2D eigenvalue weighted by atomic mass is 79.9. The molecule has 2 aromatic rings. The average molecular weight is 244 g/mol. The van der Waals surface area contributed by atoms with Crippen molar-refractivity contribution in [1.82, 2.24) is 4.37 Å². The first kappa shape index (κ1) is 8.01. The topological polar surface area (TPSA) is 22.1 Å². The maximum Gasteiger partial charge on any atom is 0.129 e. The molecule has 0 radical (unpaired) electrons. The molecule has 0 amide bonds. The van der Waals surface area contributed by atoms with E-state index in [2.05, 4.69) is 20.3 Å². The molecule has 1 aromatic carbocycles. The van der Waals surface area contributed by atoms with Gasteiger partial charge in [0.2, 0.25) is 0 Å². The van der Waals surface area contributed by atoms with Crippen molar-refractivity contribution in [3.63, 3.8) is 0 Å². The molecule has 1 heterocycles. The second-order valence-electron chi connectivity index (χ2n) is 2.32. The first-order valence-electron chi connectivity index (χ1n) is 3.40. The minimum Gasteiger partial charge on any atom is -0.496 e. The summed E-state index contributed by atoms with van der Waals surface area (Å²) < 4.78 is 11.5. The fourth-order valence-electron chi connectivity index (χ4n) is 1.08. The summed E-state index contributed by atoms with van der Waals surface area (Å²) in [5.74, 6) is 0.877. The van der Waals surface area contributed by atoms with Gasteiger partial charge in [-0.2, -0.15) is 4.37 Å². The Bertz CT molecular complexity index is 412. The third-order valence-electron chi connectivity index (χ3n) is 1.65. The van der Waals surface area contributed by atoms with E-state index in [-0.39, 0.29) is 0 Å². The van der Waals surface area contributed by atoms with Crippen LogP contribution in [0.3, 0.4) is 0 Å². The van der Waals surface area contributed by atoms with E-state index in [1.807, 2.05) is 18.3 Å². The average Bonchev–Trinajstić information content (AvgIpc) is 2.54. The van der Waals surface area contributed by atoms with Crippen LogP contribution in [0.15, 0.2) is 22.8 Å². The van der Waals surface area contributed by atoms with Gasteiger partial charge in [0.25, 0.3) is 0 Å². The molecule has 0 N–H and O–H groups in total. The van der Waals surface area contributed by atoms with Crippen molar-refractivity contribution in [2.45, 2.75) is 0 Å². The van der Waals surface area contributed by atoms with E-state index in [0.717, 1.165) is 20.3 Å². The molecule has 0 aliphatic heterocycles. The third-order valence-corrected chi connectivity index (χ3v) is 3.41. The van der Waals surface area contributed by atoms with Gasteiger partial charge in [-0.25, -0.2) is 0 Å². The molecule has 2 nitrogen and oxygen atoms in total. The Balaban J connectivity index is 2.82. The number of hydrogen-bond donors (Lipinski definition) is 0. The lowest BCUT2D eigenvalue weighted by Gasteiger charge is -2.00. The van der Waals surface area contributed by atoms with Gasteiger partial charge in [-0.15, -0.1) is 0 Å². The van der Waals surface area contributed by atoms with E-state index < -0.39 is 0 Å². The minimum absolute atomic E-state index is 0.877. The lowest BCUT2D eigenvalue weighted by molar-refractivity contribution is 0.420. The van der Waals surface area contributed by atoms with Crippen LogP contribution >= 0.6 is 27.5 Å². The first-order chi connectivity index (χ1) is 5.83. The quantitative estimate of drug-likeness (QED) is 0.769. The van der Waals surface area contributed by atoms with Crippen molar-refractivity contribution in [2.24, 2.45) is 0 Å². The van der Waals surface area contributed by atoms with Crippen LogP contribution in [0.2, 0.25) is 0 Å². The molecule has 1 aromatic heterocycles. The van der Waals surface area contributed by atoms with Gasteiger partial charge in [-0.3, -0.25) is 0 Å². The lowest BCUT2D eigenvalue weighted by Crippen LogP contribution is -1.82. The van der Waals surface area contributed by atoms with E-state index in [1.165, 1.54) is 11.5 Å². The summed E-state index contributed by atoms with van der Waals surface area (Å²) in [4.78, 5) is 0. The highest BCUT2D eigenvalue weighted by Gasteiger charge is 2.05. The van der Waals surface area contributed by atoms with Gasteiger partial charge in [-0.1, -0.05) is 0 Å². The highest BCUT2D eigenvalue weighted by molar-refractivity contribution is 9.10. The standard InChI is InChI=1S/C8H6BrNOS/c1-11-7-3-2-6(9)8-5(7)4-10-12-8/h2-4H,1H3. The maximum absolute atomic E-state index is 5.19. The number of halogens is 1. The van der Waals surface area contributed by atoms with Gasteiger partial charge < -0.3 is 4.74 Å². The van der Waals surface area contributed by atoms with Crippen LogP contribution in [0.25, 0.3) is 10.1 Å². The summed E-state index contributed by atoms with van der Waals surface area (Å²) in [5.41, 5.74) is 0. The van der Waals surface area contributed by atoms with Crippen molar-refractivity contribution < 1.29 is 4.74 Å². The predicted molar refractivity (Wildman–Crippen MR) is 53.9 cm³/mol. The number of methoxy groups -OCH3 is 1. The van der Waals surface area contributed by atoms with Crippen LogP contribution in [-0.2, 0) is 0 Å². The number of hydrogen-bond acceptors (Lipinski definition) is 3. The van der Waals surface area contributed by atoms with Gasteiger partial charge in [0, 0.05) is 4.47 Å². The molecule has 0 unspecified atom stereocenters. The van der Waals surface area contributed by atoms with Crippen molar-refractivity contribution in [3.05, 3.63) is 22.8 Å². The van der Waals surface area contributed by atoms with Crippen LogP contribution in [0.5, 0.6) is 5.75 Å². The largest absolute Gasteiger partial charge is 0.496 e. The monoisotopic (exact) mass is 243 g/mol. The number of aromatic nitrogens is 1. The van der Waals surface area contributed by atoms with E-state index in [0.29, 0.717) is 0 Å². The second kappa shape index (κ2) is 3.03. The number of benzene rings is 1. The zero-order valence-corrected chi connectivity index (χ0v) is 8.78. The smallest absolute Gasteiger partial charge is 0.129 e. The number of fused-ring (bicyclic) bond motifs is 1. The SMILES string of the molecule is COc1ccc(Br)c2sncc12. The molecule has 0 atom stereocenters. The van der Waals surface area contributed by atoms with Crippen molar-refractivity contribution in [2.75, 3.05) is 7.11 Å². The zero-order chi connectivity index (χ0) is 8.55. The van der Waals surface area contributed by atoms with Gasteiger partial charge >= 0.3 is 0 Å². The maximum atomic E-state index is 5.19. The normalized spacial score (nSPS) is 10.5. The van der Waals surface area contributed by atoms with Crippen molar-refractivity contribution >= 4 is 37.5 Å². The second-order valence-corrected chi connectivity index (χ2v) is 3.97. The molecule has 0 aliphatic carbocycles. The minimum atomic E-state index is 0.877. The Morgan fingerprint density at radius 3 is 3.08 bits per heavy atom. The summed E-state index contributed by atoms with van der Waals surface area (Å²) in [6.45, 7) is 0. The molecule has 0 saturated carbocycles. The molecular weight excluding hydrogens is 238 g/mol. The Morgan fingerprint density at radius 1 is 1.50 bits per heavy atom. The van der Waals surface area contributed by atoms with E-state index >= 15 is 0 Å². The van der Waals surface area contributed by atoms with Gasteiger partial charge in [0.15, 0.2) is 0 Å². The molecule has 0 aliphatic rings. The van der Waals surface area contributed by atoms with Gasteiger partial charge in [0.05, 0.1) is 23.4 Å². The summed E-state index contributed by atoms with van der Waals surface area (Å²) >= 11 is 4.92. The van der Waals surface area contributed by atoms with Crippen molar-refractivity contribution in [3.8, 4) is 5.75 Å². The van der Waals surface area contributed by atoms with Crippen LogP contribution < -0.4 is 4.74 Å². The first-order valence-corrected chi connectivity index (χ1v) is 4.96. The molecule has 12 heavy (non-hydrogen) atoms. The molecule has 2 rings (SSSR count). The number of nitrogens with zero attached hydrogens (tertiary/aromatic N) is 1. The summed E-state index contributed by atoms with van der Waals surface area (Å²) in [6, 6.07) is 3.90. The molecule has 0 spiro atoms. The Kier molecular flexibility index (Phi) is 2.02. The third kappa shape index (κ3) is 1.11. The van der Waals surface area contributed by atoms with Crippen LogP contribution in [-0.4, -0.2) is 11.5 Å². The van der Waals surface area contributed by atoms with Gasteiger partial charge in [0.1, 0.15) is 5.75 Å². The van der Waals surface area contributed by atoms with E-state index in [4.69, 9.17) is 4.74 Å². The fraction of sp³-hybridized carbons (Fsp3) is 0.125. The summed E-state index contributed by atoms with van der Waals surface area (Å²) in [5, 5.41) is 1.07. The number of ether oxygens (including phenoxy) is 1. The van der Waals surface area contributed by atoms with Gasteiger partial charge in [-0.05, 0) is 39.6 Å². The molecular formula is C8H6BrNOS. The van der Waals surface area contributed by atoms with E-state index in [1.54, 1.807) is 7.11 Å². The zero-order valence-electron chi connectivity index (χ0n) is 6.37. The Morgan fingerprint density at radius 2 is 2.33 bits per heavy atom. The molecule has 0 saturated heterocycles. The predicted octanol–water partition coefficient (Wildman–Crippen LogP) is 3.07. The Hall–Kier alpha value is -0.610. The van der Waals surface area contributed by atoms with Crippen molar-refractivity contribution in [1.29, 1.82) is 0 Å². The lowest BCUT2D eigenvalue weighted by atomic mass is 10.2. The highest BCUT2D eigenvalue weighted by Crippen LogP contribution is 2.33. The Labute approximate surface area is 82.5 Å². The van der Waals surface area contributed by atoms with Crippen LogP contribution in [0, 0.1) is 0 Å². The number of rotatable bonds is 1. The summed E-state index contributed by atoms with van der Waals surface area (Å²) in [6.07, 6.45) is 1.82. The molecule has 4 heteroatoms. The molecule has 62 valence electrons. The molecule has 0 bridgehead atoms. The summed E-state index contributed by atoms with van der Waals surface area (Å²) in [7, 11) is 1.67.